The zero-order valence-corrected chi connectivity index (χ0v) is 11.3. The van der Waals surface area contributed by atoms with Crippen LogP contribution in [0.15, 0.2) is 36.1 Å². The van der Waals surface area contributed by atoms with Crippen molar-refractivity contribution >= 4 is 5.78 Å². The van der Waals surface area contributed by atoms with E-state index in [9.17, 15) is 23.1 Å². The first-order valence-corrected chi connectivity index (χ1v) is 4.37. The number of ketones is 1. The molecule has 0 aromatic heterocycles. The van der Waals surface area contributed by atoms with E-state index in [1.807, 2.05) is 0 Å². The maximum atomic E-state index is 11.9. The minimum Gasteiger partial charge on any atom is -0.869 e. The Bertz CT molecular complexity index is 421. The van der Waals surface area contributed by atoms with Gasteiger partial charge in [-0.3, -0.25) is 4.79 Å². The van der Waals surface area contributed by atoms with E-state index >= 15 is 0 Å². The summed E-state index contributed by atoms with van der Waals surface area (Å²) in [6, 6.07) is 5.91. The third-order valence-corrected chi connectivity index (χ3v) is 1.88. The summed E-state index contributed by atoms with van der Waals surface area (Å²) in [7, 11) is 0. The Morgan fingerprint density at radius 3 is 2.12 bits per heavy atom. The van der Waals surface area contributed by atoms with Crippen molar-refractivity contribution in [1.82, 2.24) is 0 Å². The first-order chi connectivity index (χ1) is 7.30. The Balaban J connectivity index is 0.00000256. The third-order valence-electron chi connectivity index (χ3n) is 1.88. The number of hydrogen-bond donors (Lipinski definition) is 0. The van der Waals surface area contributed by atoms with Crippen molar-refractivity contribution in [2.45, 2.75) is 13.1 Å². The van der Waals surface area contributed by atoms with Gasteiger partial charge in [-0.1, -0.05) is 29.8 Å². The van der Waals surface area contributed by atoms with Crippen LogP contribution in [0.5, 0.6) is 0 Å². The van der Waals surface area contributed by atoms with E-state index < -0.39 is 17.7 Å². The van der Waals surface area contributed by atoms with E-state index in [2.05, 4.69) is 0 Å². The molecule has 0 heterocycles. The van der Waals surface area contributed by atoms with Crippen LogP contribution in [0.1, 0.15) is 15.9 Å². The summed E-state index contributed by atoms with van der Waals surface area (Å²) in [6.07, 6.45) is -4.94. The summed E-state index contributed by atoms with van der Waals surface area (Å²) in [5.74, 6) is -3.08. The van der Waals surface area contributed by atoms with Gasteiger partial charge in [-0.2, -0.15) is 13.2 Å². The molecule has 0 bridgehead atoms. The molecule has 0 amide bonds. The maximum Gasteiger partial charge on any atom is 1.00 e. The molecular formula is C11H8F3NaO2. The van der Waals surface area contributed by atoms with E-state index in [1.54, 1.807) is 19.1 Å². The molecule has 0 saturated carbocycles. The first kappa shape index (κ1) is 16.2. The van der Waals surface area contributed by atoms with E-state index in [4.69, 9.17) is 0 Å². The Labute approximate surface area is 118 Å². The fourth-order valence-electron chi connectivity index (χ4n) is 1.00. The van der Waals surface area contributed by atoms with Crippen LogP contribution >= 0.6 is 0 Å². The van der Waals surface area contributed by atoms with Gasteiger partial charge in [0.05, 0.1) is 0 Å². The van der Waals surface area contributed by atoms with Crippen LogP contribution < -0.4 is 34.7 Å². The topological polar surface area (TPSA) is 40.1 Å². The second-order valence-corrected chi connectivity index (χ2v) is 3.24. The Kier molecular flexibility index (Phi) is 5.95. The van der Waals surface area contributed by atoms with Crippen LogP contribution in [-0.2, 0) is 0 Å². The second kappa shape index (κ2) is 6.23. The Morgan fingerprint density at radius 1 is 1.24 bits per heavy atom. The molecule has 86 valence electrons. The van der Waals surface area contributed by atoms with Gasteiger partial charge in [0.2, 0.25) is 0 Å². The fraction of sp³-hybridized carbons (Fsp3) is 0.182. The average molecular weight is 252 g/mol. The smallest absolute Gasteiger partial charge is 0.869 e. The van der Waals surface area contributed by atoms with E-state index in [1.165, 1.54) is 12.1 Å². The number of benzene rings is 1. The molecule has 2 nitrogen and oxygen atoms in total. The monoisotopic (exact) mass is 252 g/mol. The summed E-state index contributed by atoms with van der Waals surface area (Å²) in [4.78, 5) is 11.2. The van der Waals surface area contributed by atoms with Crippen LogP contribution in [0.4, 0.5) is 13.2 Å². The number of carbonyl (C=O) groups is 1. The zero-order chi connectivity index (χ0) is 12.3. The van der Waals surface area contributed by atoms with Crippen molar-refractivity contribution in [3.05, 3.63) is 47.2 Å². The van der Waals surface area contributed by atoms with Gasteiger partial charge in [-0.05, 0) is 18.8 Å². The number of carbonyl (C=O) groups excluding carboxylic acids is 1. The van der Waals surface area contributed by atoms with Crippen molar-refractivity contribution in [1.29, 1.82) is 0 Å². The molecule has 0 atom stereocenters. The molecule has 0 spiro atoms. The summed E-state index contributed by atoms with van der Waals surface area (Å²) < 4.78 is 35.6. The average Bonchev–Trinajstić information content (AvgIpc) is 2.17. The van der Waals surface area contributed by atoms with Gasteiger partial charge in [0.15, 0.2) is 5.78 Å². The largest absolute Gasteiger partial charge is 1.00 e. The summed E-state index contributed by atoms with van der Waals surface area (Å²) >= 11 is 0. The maximum absolute atomic E-state index is 11.9. The predicted octanol–water partition coefficient (Wildman–Crippen LogP) is -1.01. The number of hydrogen-bond acceptors (Lipinski definition) is 2. The molecule has 0 radical (unpaired) electrons. The third kappa shape index (κ3) is 4.93. The molecule has 0 saturated heterocycles. The minimum absolute atomic E-state index is 0. The van der Waals surface area contributed by atoms with Gasteiger partial charge >= 0.3 is 35.7 Å². The van der Waals surface area contributed by atoms with Crippen LogP contribution in [0, 0.1) is 6.92 Å². The number of rotatable bonds is 2. The second-order valence-electron chi connectivity index (χ2n) is 3.24. The fourth-order valence-corrected chi connectivity index (χ4v) is 1.00. The summed E-state index contributed by atoms with van der Waals surface area (Å²) in [5, 5.41) is 10.5. The molecule has 0 fully saturated rings. The van der Waals surface area contributed by atoms with Crippen molar-refractivity contribution in [3.8, 4) is 0 Å². The van der Waals surface area contributed by atoms with Gasteiger partial charge in [-0.15, -0.1) is 0 Å². The Morgan fingerprint density at radius 2 is 1.71 bits per heavy atom. The number of halogens is 3. The minimum atomic E-state index is -5.00. The van der Waals surface area contributed by atoms with Crippen LogP contribution in [0.3, 0.4) is 0 Å². The van der Waals surface area contributed by atoms with Gasteiger partial charge in [0.1, 0.15) is 0 Å². The molecule has 6 heteroatoms. The van der Waals surface area contributed by atoms with Crippen LogP contribution in [-0.4, -0.2) is 12.0 Å². The van der Waals surface area contributed by atoms with Crippen molar-refractivity contribution in [2.24, 2.45) is 0 Å². The molecule has 1 aromatic rings. The normalized spacial score (nSPS) is 11.9. The molecular weight excluding hydrogens is 244 g/mol. The molecule has 1 rings (SSSR count). The quantitative estimate of drug-likeness (QED) is 0.293. The molecule has 1 aromatic carbocycles. The van der Waals surface area contributed by atoms with Crippen LogP contribution in [0.25, 0.3) is 0 Å². The summed E-state index contributed by atoms with van der Waals surface area (Å²) in [6.45, 7) is 1.78. The number of alkyl halides is 3. The van der Waals surface area contributed by atoms with Crippen molar-refractivity contribution < 1.29 is 52.6 Å². The molecule has 0 aliphatic carbocycles. The van der Waals surface area contributed by atoms with Gasteiger partial charge in [0, 0.05) is 5.56 Å². The van der Waals surface area contributed by atoms with Gasteiger partial charge in [0.25, 0.3) is 0 Å². The number of allylic oxidation sites excluding steroid dienone is 2. The van der Waals surface area contributed by atoms with Crippen molar-refractivity contribution in [3.63, 3.8) is 0 Å². The zero-order valence-electron chi connectivity index (χ0n) is 9.34. The summed E-state index contributed by atoms with van der Waals surface area (Å²) in [5.41, 5.74) is 0.932. The van der Waals surface area contributed by atoms with Crippen molar-refractivity contribution in [2.75, 3.05) is 0 Å². The molecule has 0 unspecified atom stereocenters. The van der Waals surface area contributed by atoms with E-state index in [0.717, 1.165) is 5.56 Å². The molecule has 0 N–H and O–H groups in total. The van der Waals surface area contributed by atoms with E-state index in [0.29, 0.717) is 0 Å². The number of aryl methyl sites for hydroxylation is 1. The standard InChI is InChI=1S/C11H9F3O2.Na/c1-7-2-4-8(5-3-7)9(15)6-10(16)11(12,13)14;/h2-6,16H,1H3;/q;+1/p-1. The predicted molar refractivity (Wildman–Crippen MR) is 49.6 cm³/mol. The van der Waals surface area contributed by atoms with Gasteiger partial charge in [-0.25, -0.2) is 0 Å². The SMILES string of the molecule is Cc1ccc(C(=O)C=C([O-])C(F)(F)F)cc1.[Na+]. The van der Waals surface area contributed by atoms with Gasteiger partial charge < -0.3 is 5.11 Å². The van der Waals surface area contributed by atoms with Crippen LogP contribution in [0.2, 0.25) is 0 Å². The molecule has 0 aliphatic rings. The Hall–Kier alpha value is -0.780. The molecule has 0 aliphatic heterocycles. The molecule has 17 heavy (non-hydrogen) atoms. The first-order valence-electron chi connectivity index (χ1n) is 4.37. The van der Waals surface area contributed by atoms with E-state index in [-0.39, 0.29) is 41.2 Å².